The van der Waals surface area contributed by atoms with E-state index >= 15 is 0 Å². The molecule has 4 saturated carbocycles. The number of nitrogens with one attached hydrogen (secondary N) is 1. The summed E-state index contributed by atoms with van der Waals surface area (Å²) < 4.78 is 0. The largest absolute Gasteiger partial charge is 0.355 e. The number of rotatable bonds is 7. The monoisotopic (exact) mass is 531 g/mol. The van der Waals surface area contributed by atoms with Crippen LogP contribution in [0, 0.1) is 23.7 Å². The fraction of sp³-hybridized carbons (Fsp3) is 0.581. The molecule has 1 unspecified atom stereocenters. The quantitative estimate of drug-likeness (QED) is 0.271. The number of aryl methyl sites for hydroxylation is 1. The molecule has 2 heterocycles. The Morgan fingerprint density at radius 2 is 1.81 bits per heavy atom. The van der Waals surface area contributed by atoms with Gasteiger partial charge in [0.05, 0.1) is 5.75 Å². The lowest BCUT2D eigenvalue weighted by molar-refractivity contribution is -0.118. The van der Waals surface area contributed by atoms with Crippen molar-refractivity contribution in [1.82, 2.24) is 15.3 Å². The summed E-state index contributed by atoms with van der Waals surface area (Å²) in [6, 6.07) is 10.4. The SMILES string of the molecule is CC1CCc2c(sc3nc(C45CC6CC(CC(C6)C4)C5)nc(SCC(=O)NCCc4ccccc4)c23)C1. The summed E-state index contributed by atoms with van der Waals surface area (Å²) in [5, 5.41) is 5.47. The van der Waals surface area contributed by atoms with Crippen molar-refractivity contribution >= 4 is 39.2 Å². The number of thiophene rings is 1. The van der Waals surface area contributed by atoms with Crippen LogP contribution < -0.4 is 5.32 Å². The van der Waals surface area contributed by atoms with Gasteiger partial charge in [0.1, 0.15) is 15.7 Å². The second-order valence-corrected chi connectivity index (χ2v) is 14.5. The first kappa shape index (κ1) is 24.1. The fourth-order valence-corrected chi connectivity index (χ4v) is 10.5. The highest BCUT2D eigenvalue weighted by molar-refractivity contribution is 8.00. The Labute approximate surface area is 228 Å². The molecule has 8 rings (SSSR count). The van der Waals surface area contributed by atoms with Crippen molar-refractivity contribution in [3.8, 4) is 0 Å². The van der Waals surface area contributed by atoms with Gasteiger partial charge < -0.3 is 5.32 Å². The number of hydrogen-bond donors (Lipinski definition) is 1. The Balaban J connectivity index is 1.16. The number of nitrogens with zero attached hydrogens (tertiary/aromatic N) is 2. The van der Waals surface area contributed by atoms with Crippen molar-refractivity contribution < 1.29 is 4.79 Å². The summed E-state index contributed by atoms with van der Waals surface area (Å²) in [4.78, 5) is 26.3. The van der Waals surface area contributed by atoms with E-state index in [0.29, 0.717) is 12.3 Å². The molecule has 4 fully saturated rings. The molecular formula is C31H37N3OS2. The second kappa shape index (κ2) is 9.68. The second-order valence-electron chi connectivity index (χ2n) is 12.5. The molecule has 1 aromatic carbocycles. The summed E-state index contributed by atoms with van der Waals surface area (Å²) in [6.07, 6.45) is 12.5. The van der Waals surface area contributed by atoms with E-state index in [4.69, 9.17) is 9.97 Å². The minimum Gasteiger partial charge on any atom is -0.355 e. The van der Waals surface area contributed by atoms with E-state index in [-0.39, 0.29) is 11.3 Å². The third-order valence-corrected chi connectivity index (χ3v) is 11.7. The number of hydrogen-bond acceptors (Lipinski definition) is 5. The molecule has 4 bridgehead atoms. The molecule has 1 N–H and O–H groups in total. The minimum atomic E-state index is 0.0989. The van der Waals surface area contributed by atoms with E-state index in [1.54, 1.807) is 11.8 Å². The molecule has 194 valence electrons. The maximum Gasteiger partial charge on any atom is 0.230 e. The lowest BCUT2D eigenvalue weighted by Gasteiger charge is -2.56. The van der Waals surface area contributed by atoms with Crippen molar-refractivity contribution in [3.63, 3.8) is 0 Å². The average molecular weight is 532 g/mol. The van der Waals surface area contributed by atoms with E-state index in [9.17, 15) is 4.79 Å². The van der Waals surface area contributed by atoms with E-state index < -0.39 is 0 Å². The van der Waals surface area contributed by atoms with Gasteiger partial charge in [0.15, 0.2) is 0 Å². The number of carbonyl (C=O) groups excluding carboxylic acids is 1. The standard InChI is InChI=1S/C31H37N3OS2/c1-19-7-8-24-25(11-19)37-29-27(24)28(36-18-26(35)32-10-9-20-5-3-2-4-6-20)33-30(34-29)31-15-21-12-22(16-31)14-23(13-21)17-31/h2-6,19,21-23H,7-18H2,1H3,(H,32,35). The van der Waals surface area contributed by atoms with Crippen LogP contribution in [0.3, 0.4) is 0 Å². The Bertz CT molecular complexity index is 1280. The molecule has 5 aliphatic carbocycles. The molecule has 0 spiro atoms. The first-order valence-corrected chi connectivity index (χ1v) is 16.1. The highest BCUT2D eigenvalue weighted by Gasteiger charge is 2.53. The van der Waals surface area contributed by atoms with Gasteiger partial charge in [0.25, 0.3) is 0 Å². The third kappa shape index (κ3) is 4.63. The Kier molecular flexibility index (Phi) is 6.31. The molecule has 2 aromatic heterocycles. The smallest absolute Gasteiger partial charge is 0.230 e. The van der Waals surface area contributed by atoms with Crippen LogP contribution in [0.2, 0.25) is 0 Å². The predicted octanol–water partition coefficient (Wildman–Crippen LogP) is 6.73. The number of fused-ring (bicyclic) bond motifs is 3. The molecule has 1 amide bonds. The average Bonchev–Trinajstić information content (AvgIpc) is 3.25. The molecule has 0 saturated heterocycles. The highest BCUT2D eigenvalue weighted by Crippen LogP contribution is 2.60. The van der Waals surface area contributed by atoms with Crippen LogP contribution in [0.15, 0.2) is 35.4 Å². The van der Waals surface area contributed by atoms with E-state index in [1.807, 2.05) is 17.4 Å². The van der Waals surface area contributed by atoms with Gasteiger partial charge >= 0.3 is 0 Å². The summed E-state index contributed by atoms with van der Waals surface area (Å²) in [5.74, 6) is 4.97. The van der Waals surface area contributed by atoms with Crippen LogP contribution in [-0.4, -0.2) is 28.2 Å². The predicted molar refractivity (Wildman–Crippen MR) is 152 cm³/mol. The van der Waals surface area contributed by atoms with Crippen molar-refractivity contribution in [2.24, 2.45) is 23.7 Å². The Hall–Kier alpha value is -1.92. The van der Waals surface area contributed by atoms with Gasteiger partial charge in [-0.15, -0.1) is 11.3 Å². The number of thioether (sulfide) groups is 1. The maximum atomic E-state index is 12.8. The number of aromatic nitrogens is 2. The van der Waals surface area contributed by atoms with Gasteiger partial charge in [0, 0.05) is 22.2 Å². The molecular weight excluding hydrogens is 494 g/mol. The molecule has 37 heavy (non-hydrogen) atoms. The molecule has 1 atom stereocenters. The maximum absolute atomic E-state index is 12.8. The van der Waals surface area contributed by atoms with Gasteiger partial charge in [-0.05, 0) is 99.0 Å². The van der Waals surface area contributed by atoms with Crippen molar-refractivity contribution in [2.45, 2.75) is 81.6 Å². The van der Waals surface area contributed by atoms with Crippen LogP contribution in [-0.2, 0) is 29.5 Å². The summed E-state index contributed by atoms with van der Waals surface area (Å²) in [6.45, 7) is 3.04. The van der Waals surface area contributed by atoms with Gasteiger partial charge in [-0.1, -0.05) is 49.0 Å². The summed E-state index contributed by atoms with van der Waals surface area (Å²) in [7, 11) is 0. The van der Waals surface area contributed by atoms with Crippen LogP contribution >= 0.6 is 23.1 Å². The van der Waals surface area contributed by atoms with Crippen LogP contribution in [0.4, 0.5) is 0 Å². The zero-order valence-electron chi connectivity index (χ0n) is 21.8. The van der Waals surface area contributed by atoms with Gasteiger partial charge in [-0.2, -0.15) is 0 Å². The lowest BCUT2D eigenvalue weighted by atomic mass is 9.49. The van der Waals surface area contributed by atoms with Gasteiger partial charge in [-0.3, -0.25) is 4.79 Å². The Morgan fingerprint density at radius 3 is 2.54 bits per heavy atom. The summed E-state index contributed by atoms with van der Waals surface area (Å²) >= 11 is 3.56. The molecule has 3 aromatic rings. The zero-order valence-corrected chi connectivity index (χ0v) is 23.4. The van der Waals surface area contributed by atoms with Crippen molar-refractivity contribution in [3.05, 3.63) is 52.2 Å². The van der Waals surface area contributed by atoms with Crippen LogP contribution in [0.1, 0.15) is 73.7 Å². The van der Waals surface area contributed by atoms with Gasteiger partial charge in [-0.25, -0.2) is 9.97 Å². The molecule has 4 nitrogen and oxygen atoms in total. The zero-order chi connectivity index (χ0) is 25.0. The fourth-order valence-electron chi connectivity index (χ4n) is 8.21. The number of carbonyl (C=O) groups is 1. The van der Waals surface area contributed by atoms with Crippen molar-refractivity contribution in [2.75, 3.05) is 12.3 Å². The summed E-state index contributed by atoms with van der Waals surface area (Å²) in [5.41, 5.74) is 2.91. The topological polar surface area (TPSA) is 54.9 Å². The molecule has 6 heteroatoms. The van der Waals surface area contributed by atoms with E-state index in [1.165, 1.54) is 71.2 Å². The third-order valence-electron chi connectivity index (χ3n) is 9.55. The van der Waals surface area contributed by atoms with Crippen LogP contribution in [0.5, 0.6) is 0 Å². The molecule has 0 aliphatic heterocycles. The first-order valence-electron chi connectivity index (χ1n) is 14.3. The van der Waals surface area contributed by atoms with Crippen LogP contribution in [0.25, 0.3) is 10.2 Å². The Morgan fingerprint density at radius 1 is 1.08 bits per heavy atom. The van der Waals surface area contributed by atoms with E-state index in [0.717, 1.165) is 53.8 Å². The van der Waals surface area contributed by atoms with Gasteiger partial charge in [0.2, 0.25) is 5.91 Å². The number of amides is 1. The lowest BCUT2D eigenvalue weighted by Crippen LogP contribution is -2.49. The normalized spacial score (nSPS) is 30.0. The van der Waals surface area contributed by atoms with Crippen molar-refractivity contribution in [1.29, 1.82) is 0 Å². The molecule has 5 aliphatic rings. The number of benzene rings is 1. The minimum absolute atomic E-state index is 0.0989. The first-order chi connectivity index (χ1) is 18.0. The van der Waals surface area contributed by atoms with E-state index in [2.05, 4.69) is 36.5 Å². The highest BCUT2D eigenvalue weighted by atomic mass is 32.2. The molecule has 0 radical (unpaired) electrons.